The van der Waals surface area contributed by atoms with E-state index in [1.54, 1.807) is 29.0 Å². The molecule has 1 N–H and O–H groups in total. The Morgan fingerprint density at radius 1 is 0.894 bits per heavy atom. The standard InChI is InChI=1S/C24H17N2OS2.C15H28O2.Ir/c1-24(2,3)17-11-15(10-14-7-9-28-21(14)17)19-18-16-5-4-13-6-8-29-22(13)20(16)27-23(18)26-12-25-19;1-7-14(5,8-2)12(16)11-13(17)15(6,9-3)10-4;/h4-9,11-12H,1-3H3;11,16H,7-10H2,1-6H3;/q-1;;/b;12-11-;. The Morgan fingerprint density at radius 2 is 1.53 bits per heavy atom. The third kappa shape index (κ3) is 6.98. The van der Waals surface area contributed by atoms with Gasteiger partial charge in [0, 0.05) is 53.5 Å². The van der Waals surface area contributed by atoms with Crippen molar-refractivity contribution in [2.75, 3.05) is 0 Å². The number of allylic oxidation sites excluding steroid dienone is 2. The number of fused-ring (bicyclic) bond motifs is 6. The second-order valence-corrected chi connectivity index (χ2v) is 15.6. The summed E-state index contributed by atoms with van der Waals surface area (Å²) in [6.45, 7) is 18.8. The Morgan fingerprint density at radius 3 is 2.17 bits per heavy atom. The molecule has 0 aliphatic rings. The molecule has 1 radical (unpaired) electrons. The molecule has 6 rings (SSSR count). The van der Waals surface area contributed by atoms with Crippen LogP contribution in [-0.2, 0) is 30.3 Å². The number of hydrogen-bond acceptors (Lipinski definition) is 7. The first kappa shape index (κ1) is 36.9. The van der Waals surface area contributed by atoms with Crippen molar-refractivity contribution in [1.29, 1.82) is 0 Å². The molecular formula is C39H45IrN2O3S2-. The molecule has 0 amide bonds. The van der Waals surface area contributed by atoms with Gasteiger partial charge < -0.3 is 9.52 Å². The first-order chi connectivity index (χ1) is 21.8. The van der Waals surface area contributed by atoms with Crippen LogP contribution in [0.25, 0.3) is 53.5 Å². The van der Waals surface area contributed by atoms with Crippen molar-refractivity contribution >= 4 is 70.7 Å². The van der Waals surface area contributed by atoms with Gasteiger partial charge in [-0.25, -0.2) is 4.98 Å². The topological polar surface area (TPSA) is 76.2 Å². The average Bonchev–Trinajstić information content (AvgIpc) is 3.81. The van der Waals surface area contributed by atoms with Crippen molar-refractivity contribution in [2.24, 2.45) is 10.8 Å². The zero-order valence-corrected chi connectivity index (χ0v) is 32.9. The van der Waals surface area contributed by atoms with E-state index in [0.717, 1.165) is 63.4 Å². The van der Waals surface area contributed by atoms with Gasteiger partial charge in [-0.05, 0) is 58.0 Å². The summed E-state index contributed by atoms with van der Waals surface area (Å²) in [5, 5.41) is 18.7. The summed E-state index contributed by atoms with van der Waals surface area (Å²) in [5.41, 5.74) is 4.13. The number of carbonyl (C=O) groups is 1. The third-order valence-electron chi connectivity index (χ3n) is 9.99. The zero-order valence-electron chi connectivity index (χ0n) is 28.8. The third-order valence-corrected chi connectivity index (χ3v) is 11.9. The predicted molar refractivity (Wildman–Crippen MR) is 196 cm³/mol. The number of aromatic nitrogens is 2. The Hall–Kier alpha value is -2.90. The second-order valence-electron chi connectivity index (χ2n) is 13.7. The number of carbonyl (C=O) groups excluding carboxylic acids is 1. The molecule has 0 saturated heterocycles. The van der Waals surface area contributed by atoms with Gasteiger partial charge in [-0.2, -0.15) is 11.3 Å². The van der Waals surface area contributed by atoms with Crippen LogP contribution < -0.4 is 0 Å². The van der Waals surface area contributed by atoms with Crippen molar-refractivity contribution in [1.82, 2.24) is 9.97 Å². The molecule has 0 saturated carbocycles. The molecule has 0 aliphatic carbocycles. The molecular weight excluding hydrogens is 801 g/mol. The van der Waals surface area contributed by atoms with Crippen LogP contribution in [0.1, 0.15) is 93.6 Å². The fourth-order valence-corrected chi connectivity index (χ4v) is 7.63. The van der Waals surface area contributed by atoms with Crippen LogP contribution in [0.4, 0.5) is 0 Å². The van der Waals surface area contributed by atoms with Crippen LogP contribution in [0.2, 0.25) is 0 Å². The van der Waals surface area contributed by atoms with Gasteiger partial charge in [0.2, 0.25) is 5.71 Å². The SMILES string of the molecule is CC(C)(C)c1cc(-c2ncnc3oc4c(ccc5ccsc54)c23)[c-]c2ccsc12.CCC(C)(CC)C(=O)/C=C(\O)C(C)(CC)CC.[Ir]. The van der Waals surface area contributed by atoms with Crippen molar-refractivity contribution in [3.8, 4) is 11.3 Å². The fraction of sp³-hybridized carbons (Fsp3) is 0.410. The van der Waals surface area contributed by atoms with Gasteiger partial charge in [-0.3, -0.25) is 9.78 Å². The van der Waals surface area contributed by atoms with Gasteiger partial charge in [0.15, 0.2) is 11.4 Å². The van der Waals surface area contributed by atoms with Gasteiger partial charge in [-0.15, -0.1) is 34.9 Å². The van der Waals surface area contributed by atoms with E-state index in [-0.39, 0.29) is 47.9 Å². The van der Waals surface area contributed by atoms with E-state index in [4.69, 9.17) is 4.42 Å². The molecule has 4 heterocycles. The summed E-state index contributed by atoms with van der Waals surface area (Å²) in [5.74, 6) is 0.286. The van der Waals surface area contributed by atoms with Gasteiger partial charge in [-0.1, -0.05) is 85.6 Å². The molecule has 0 fully saturated rings. The molecule has 6 aromatic rings. The summed E-state index contributed by atoms with van der Waals surface area (Å²) in [7, 11) is 0. The number of thiophene rings is 2. The van der Waals surface area contributed by atoms with Crippen LogP contribution in [0.5, 0.6) is 0 Å². The van der Waals surface area contributed by atoms with E-state index in [1.165, 1.54) is 21.7 Å². The summed E-state index contributed by atoms with van der Waals surface area (Å²) < 4.78 is 8.65. The van der Waals surface area contributed by atoms with Gasteiger partial charge in [0.1, 0.15) is 12.1 Å². The van der Waals surface area contributed by atoms with E-state index < -0.39 is 0 Å². The van der Waals surface area contributed by atoms with Crippen LogP contribution in [0.3, 0.4) is 0 Å². The van der Waals surface area contributed by atoms with Crippen LogP contribution >= 0.6 is 22.7 Å². The summed E-state index contributed by atoms with van der Waals surface area (Å²) >= 11 is 3.47. The maximum Gasteiger partial charge on any atom is 0.223 e. The number of ketones is 1. The monoisotopic (exact) mass is 846 g/mol. The number of benzene rings is 2. The minimum atomic E-state index is -0.337. The molecule has 0 spiro atoms. The predicted octanol–water partition coefficient (Wildman–Crippen LogP) is 12.2. The number of rotatable bonds is 8. The van der Waals surface area contributed by atoms with Gasteiger partial charge in [0.25, 0.3) is 0 Å². The molecule has 4 aromatic heterocycles. The van der Waals surface area contributed by atoms with Gasteiger partial charge in [0.05, 0.1) is 4.70 Å². The molecule has 0 bridgehead atoms. The molecule has 0 atom stereocenters. The number of aliphatic hydroxyl groups is 1. The van der Waals surface area contributed by atoms with Crippen molar-refractivity contribution in [3.63, 3.8) is 0 Å². The van der Waals surface area contributed by atoms with Gasteiger partial charge >= 0.3 is 0 Å². The quantitative estimate of drug-likeness (QED) is 0.0938. The Kier molecular flexibility index (Phi) is 11.2. The molecule has 2 aromatic carbocycles. The van der Waals surface area contributed by atoms with Crippen LogP contribution in [-0.4, -0.2) is 20.9 Å². The van der Waals surface area contributed by atoms with E-state index in [9.17, 15) is 9.90 Å². The number of nitrogens with zero attached hydrogens (tertiary/aromatic N) is 2. The normalized spacial score (nSPS) is 12.8. The molecule has 8 heteroatoms. The number of aliphatic hydroxyl groups excluding tert-OH is 1. The number of hydrogen-bond donors (Lipinski definition) is 1. The van der Waals surface area contributed by atoms with E-state index in [2.05, 4.69) is 77.9 Å². The smallest absolute Gasteiger partial charge is 0.223 e. The van der Waals surface area contributed by atoms with E-state index in [0.29, 0.717) is 5.71 Å². The summed E-state index contributed by atoms with van der Waals surface area (Å²) in [4.78, 5) is 21.3. The molecule has 47 heavy (non-hydrogen) atoms. The maximum absolute atomic E-state index is 12.2. The van der Waals surface area contributed by atoms with Crippen LogP contribution in [0, 0.1) is 16.9 Å². The largest absolute Gasteiger partial charge is 0.512 e. The van der Waals surface area contributed by atoms with Crippen molar-refractivity contribution < 1.29 is 34.4 Å². The average molecular weight is 846 g/mol. The van der Waals surface area contributed by atoms with E-state index in [1.807, 2.05) is 41.5 Å². The second kappa shape index (κ2) is 14.3. The Balaban J connectivity index is 0.000000242. The molecule has 0 unspecified atom stereocenters. The minimum Gasteiger partial charge on any atom is -0.512 e. The number of furan rings is 1. The maximum atomic E-state index is 12.2. The first-order valence-electron chi connectivity index (χ1n) is 16.2. The fourth-order valence-electron chi connectivity index (χ4n) is 5.67. The molecule has 0 aliphatic heterocycles. The Bertz CT molecular complexity index is 2050. The molecule has 251 valence electrons. The van der Waals surface area contributed by atoms with Crippen molar-refractivity contribution in [3.05, 3.63) is 70.9 Å². The van der Waals surface area contributed by atoms with Crippen LogP contribution in [0.15, 0.2) is 63.7 Å². The summed E-state index contributed by atoms with van der Waals surface area (Å²) in [6.07, 6.45) is 6.35. The summed E-state index contributed by atoms with van der Waals surface area (Å²) in [6, 6.07) is 14.4. The first-order valence-corrected chi connectivity index (χ1v) is 18.0. The molecule has 5 nitrogen and oxygen atoms in total. The minimum absolute atomic E-state index is 0. The zero-order chi connectivity index (χ0) is 33.4. The van der Waals surface area contributed by atoms with Crippen molar-refractivity contribution in [2.45, 2.75) is 93.4 Å². The Labute approximate surface area is 299 Å². The van der Waals surface area contributed by atoms with E-state index >= 15 is 0 Å².